The Labute approximate surface area is 259 Å². The lowest BCUT2D eigenvalue weighted by molar-refractivity contribution is -0.223. The van der Waals surface area contributed by atoms with Crippen LogP contribution in [0.4, 0.5) is 0 Å². The Hall–Kier alpha value is -3.41. The maximum absolute atomic E-state index is 13.4. The predicted molar refractivity (Wildman–Crippen MR) is 163 cm³/mol. The SMILES string of the molecule is C=C(C)[C@](O)([C@H](OC(=O)c1ccccc1)[C@@H](COCOCc1ccccc1)OCOCc1ccccc1)[C@H]1COC(C)(C)O1. The smallest absolute Gasteiger partial charge is 0.338 e. The van der Waals surface area contributed by atoms with Gasteiger partial charge in [0, 0.05) is 0 Å². The van der Waals surface area contributed by atoms with Gasteiger partial charge >= 0.3 is 5.97 Å². The Morgan fingerprint density at radius 2 is 1.45 bits per heavy atom. The van der Waals surface area contributed by atoms with E-state index in [1.165, 1.54) is 0 Å². The van der Waals surface area contributed by atoms with E-state index in [0.29, 0.717) is 24.4 Å². The van der Waals surface area contributed by atoms with Crippen LogP contribution >= 0.6 is 0 Å². The van der Waals surface area contributed by atoms with Crippen LogP contribution in [0.5, 0.6) is 0 Å². The average molecular weight is 607 g/mol. The summed E-state index contributed by atoms with van der Waals surface area (Å²) in [4.78, 5) is 13.4. The second-order valence-electron chi connectivity index (χ2n) is 11.1. The molecule has 1 aliphatic rings. The van der Waals surface area contributed by atoms with Gasteiger partial charge in [-0.25, -0.2) is 4.79 Å². The largest absolute Gasteiger partial charge is 0.452 e. The number of rotatable bonds is 17. The second kappa shape index (κ2) is 16.1. The molecule has 1 N–H and O–H groups in total. The highest BCUT2D eigenvalue weighted by molar-refractivity contribution is 5.89. The summed E-state index contributed by atoms with van der Waals surface area (Å²) < 4.78 is 41.5. The summed E-state index contributed by atoms with van der Waals surface area (Å²) in [7, 11) is 0. The van der Waals surface area contributed by atoms with E-state index in [9.17, 15) is 9.90 Å². The van der Waals surface area contributed by atoms with Crippen LogP contribution in [-0.4, -0.2) is 67.6 Å². The maximum atomic E-state index is 13.4. The van der Waals surface area contributed by atoms with Gasteiger partial charge in [0.05, 0.1) is 32.0 Å². The summed E-state index contributed by atoms with van der Waals surface area (Å²) in [5, 5.41) is 12.3. The first-order valence-corrected chi connectivity index (χ1v) is 14.6. The number of ether oxygens (including phenoxy) is 7. The summed E-state index contributed by atoms with van der Waals surface area (Å²) in [6, 6.07) is 27.8. The molecule has 44 heavy (non-hydrogen) atoms. The number of carbonyl (C=O) groups is 1. The maximum Gasteiger partial charge on any atom is 0.338 e. The molecule has 3 aromatic carbocycles. The first-order chi connectivity index (χ1) is 21.2. The first kappa shape index (κ1) is 33.5. The lowest BCUT2D eigenvalue weighted by Crippen LogP contribution is -2.61. The average Bonchev–Trinajstić information content (AvgIpc) is 3.41. The van der Waals surface area contributed by atoms with Gasteiger partial charge in [-0.1, -0.05) is 85.4 Å². The molecule has 9 nitrogen and oxygen atoms in total. The van der Waals surface area contributed by atoms with Crippen LogP contribution in [0.2, 0.25) is 0 Å². The summed E-state index contributed by atoms with van der Waals surface area (Å²) in [6.07, 6.45) is -3.27. The minimum absolute atomic E-state index is 0.0357. The lowest BCUT2D eigenvalue weighted by atomic mass is 9.81. The van der Waals surface area contributed by atoms with Crippen molar-refractivity contribution in [3.05, 3.63) is 120 Å². The number of carbonyl (C=O) groups excluding carboxylic acids is 1. The monoisotopic (exact) mass is 606 g/mol. The fourth-order valence-corrected chi connectivity index (χ4v) is 4.86. The zero-order valence-electron chi connectivity index (χ0n) is 25.6. The highest BCUT2D eigenvalue weighted by Crippen LogP contribution is 2.38. The molecule has 9 heteroatoms. The second-order valence-corrected chi connectivity index (χ2v) is 11.1. The van der Waals surface area contributed by atoms with E-state index in [0.717, 1.165) is 11.1 Å². The van der Waals surface area contributed by atoms with Gasteiger partial charge in [0.1, 0.15) is 25.8 Å². The number of hydrogen-bond acceptors (Lipinski definition) is 9. The van der Waals surface area contributed by atoms with Gasteiger partial charge < -0.3 is 38.3 Å². The molecule has 0 bridgehead atoms. The number of hydrogen-bond donors (Lipinski definition) is 1. The predicted octanol–water partition coefficient (Wildman–Crippen LogP) is 5.42. The van der Waals surface area contributed by atoms with Crippen molar-refractivity contribution >= 4 is 5.97 Å². The molecule has 1 heterocycles. The van der Waals surface area contributed by atoms with E-state index >= 15 is 0 Å². The van der Waals surface area contributed by atoms with Crippen LogP contribution in [0.25, 0.3) is 0 Å². The molecule has 1 aliphatic heterocycles. The van der Waals surface area contributed by atoms with E-state index in [1.807, 2.05) is 60.7 Å². The molecular weight excluding hydrogens is 564 g/mol. The minimum atomic E-state index is -1.92. The minimum Gasteiger partial charge on any atom is -0.452 e. The Kier molecular flexibility index (Phi) is 12.2. The normalized spacial score (nSPS) is 18.7. The van der Waals surface area contributed by atoms with Gasteiger partial charge in [-0.05, 0) is 49.6 Å². The molecule has 4 atom stereocenters. The third kappa shape index (κ3) is 9.30. The van der Waals surface area contributed by atoms with Gasteiger partial charge in [-0.15, -0.1) is 0 Å². The Bertz CT molecular complexity index is 1300. The van der Waals surface area contributed by atoms with E-state index in [-0.39, 0.29) is 26.8 Å². The summed E-state index contributed by atoms with van der Waals surface area (Å²) in [5.74, 6) is -1.63. The quantitative estimate of drug-likeness (QED) is 0.0934. The van der Waals surface area contributed by atoms with E-state index in [1.54, 1.807) is 51.1 Å². The molecule has 0 saturated carbocycles. The van der Waals surface area contributed by atoms with Crippen molar-refractivity contribution in [3.8, 4) is 0 Å². The first-order valence-electron chi connectivity index (χ1n) is 14.6. The van der Waals surface area contributed by atoms with Crippen LogP contribution in [0.15, 0.2) is 103 Å². The molecule has 1 saturated heterocycles. The van der Waals surface area contributed by atoms with Crippen molar-refractivity contribution in [2.24, 2.45) is 0 Å². The topological polar surface area (TPSA) is 102 Å². The fourth-order valence-electron chi connectivity index (χ4n) is 4.86. The molecule has 0 unspecified atom stereocenters. The molecule has 4 rings (SSSR count). The number of aliphatic hydroxyl groups is 1. The van der Waals surface area contributed by atoms with Crippen molar-refractivity contribution in [2.45, 2.75) is 63.7 Å². The lowest BCUT2D eigenvalue weighted by Gasteiger charge is -2.42. The highest BCUT2D eigenvalue weighted by atomic mass is 16.8. The molecule has 0 amide bonds. The van der Waals surface area contributed by atoms with E-state index < -0.39 is 35.7 Å². The van der Waals surface area contributed by atoms with Crippen LogP contribution in [0.3, 0.4) is 0 Å². The van der Waals surface area contributed by atoms with Crippen LogP contribution in [0.1, 0.15) is 42.3 Å². The number of esters is 1. The Morgan fingerprint density at radius 1 is 0.909 bits per heavy atom. The third-order valence-electron chi connectivity index (χ3n) is 7.24. The number of benzene rings is 3. The van der Waals surface area contributed by atoms with Crippen molar-refractivity contribution in [2.75, 3.05) is 26.8 Å². The molecule has 0 radical (unpaired) electrons. The van der Waals surface area contributed by atoms with Crippen molar-refractivity contribution in [1.29, 1.82) is 0 Å². The standard InChI is InChI=1S/C35H42O9/c1-26(2)35(37,31-23-42-34(3,4)44-31)32(43-33(36)29-18-12-7-13-19-29)30(41-25-39-21-28-16-10-6-11-17-28)22-40-24-38-20-27-14-8-5-9-15-27/h5-19,30-32,37H,1,20-25H2,2-4H3/t30-,31-,32-,35-/m1/s1. The van der Waals surface area contributed by atoms with Crippen LogP contribution in [-0.2, 0) is 46.4 Å². The van der Waals surface area contributed by atoms with Crippen LogP contribution in [0, 0.1) is 0 Å². The Balaban J connectivity index is 1.56. The molecule has 3 aromatic rings. The summed E-state index contributed by atoms with van der Waals surface area (Å²) in [5.41, 5.74) is 0.634. The highest BCUT2D eigenvalue weighted by Gasteiger charge is 2.56. The third-order valence-corrected chi connectivity index (χ3v) is 7.24. The van der Waals surface area contributed by atoms with Crippen molar-refractivity contribution in [1.82, 2.24) is 0 Å². The Morgan fingerprint density at radius 3 is 1.98 bits per heavy atom. The molecule has 0 spiro atoms. The summed E-state index contributed by atoms with van der Waals surface area (Å²) >= 11 is 0. The van der Waals surface area contributed by atoms with Gasteiger partial charge in [0.15, 0.2) is 17.5 Å². The fraction of sp³-hybridized carbons (Fsp3) is 0.400. The molecule has 0 aromatic heterocycles. The van der Waals surface area contributed by atoms with Gasteiger partial charge in [0.2, 0.25) is 0 Å². The van der Waals surface area contributed by atoms with Gasteiger partial charge in [-0.3, -0.25) is 0 Å². The van der Waals surface area contributed by atoms with Crippen molar-refractivity contribution < 1.29 is 43.1 Å². The zero-order chi connectivity index (χ0) is 31.4. The van der Waals surface area contributed by atoms with E-state index in [2.05, 4.69) is 6.58 Å². The van der Waals surface area contributed by atoms with Crippen molar-refractivity contribution in [3.63, 3.8) is 0 Å². The molecular formula is C35H42O9. The van der Waals surface area contributed by atoms with Gasteiger partial charge in [-0.2, -0.15) is 0 Å². The molecule has 1 fully saturated rings. The van der Waals surface area contributed by atoms with E-state index in [4.69, 9.17) is 33.2 Å². The zero-order valence-corrected chi connectivity index (χ0v) is 25.6. The molecule has 0 aliphatic carbocycles. The van der Waals surface area contributed by atoms with Crippen LogP contribution < -0.4 is 0 Å². The summed E-state index contributed by atoms with van der Waals surface area (Å²) in [6.45, 7) is 9.51. The molecule has 236 valence electrons. The van der Waals surface area contributed by atoms with Gasteiger partial charge in [0.25, 0.3) is 0 Å².